The third-order valence-corrected chi connectivity index (χ3v) is 7.06. The Bertz CT molecular complexity index is 960. The van der Waals surface area contributed by atoms with Crippen LogP contribution in [0.1, 0.15) is 32.6 Å². The minimum atomic E-state index is -3.94. The van der Waals surface area contributed by atoms with E-state index in [1.54, 1.807) is 37.3 Å². The van der Waals surface area contributed by atoms with Crippen molar-refractivity contribution >= 4 is 27.1 Å². The fraction of sp³-hybridized carbons (Fsp3) is 0.429. The molecule has 0 atom stereocenters. The lowest BCUT2D eigenvalue weighted by atomic mass is 10.2. The largest absolute Gasteiger partial charge is 0.377 e. The molecule has 1 N–H and O–H groups in total. The van der Waals surface area contributed by atoms with E-state index < -0.39 is 14.9 Å². The van der Waals surface area contributed by atoms with Crippen molar-refractivity contribution < 1.29 is 18.1 Å². The van der Waals surface area contributed by atoms with Gasteiger partial charge in [0.05, 0.1) is 28.2 Å². The Morgan fingerprint density at radius 1 is 1.17 bits per heavy atom. The van der Waals surface area contributed by atoms with Crippen LogP contribution >= 0.6 is 0 Å². The number of hydrogen-bond acceptors (Lipinski definition) is 6. The van der Waals surface area contributed by atoms with Crippen LogP contribution in [0.2, 0.25) is 0 Å². The number of nitrogens with zero attached hydrogens (tertiary/aromatic N) is 2. The van der Waals surface area contributed by atoms with Crippen LogP contribution in [0.4, 0.5) is 17.1 Å². The quantitative estimate of drug-likeness (QED) is 0.343. The first-order valence-electron chi connectivity index (χ1n) is 10.1. The van der Waals surface area contributed by atoms with Gasteiger partial charge in [0.15, 0.2) is 0 Å². The van der Waals surface area contributed by atoms with Crippen molar-refractivity contribution in [3.8, 4) is 0 Å². The zero-order valence-corrected chi connectivity index (χ0v) is 17.8. The van der Waals surface area contributed by atoms with Gasteiger partial charge in [-0.15, -0.1) is 0 Å². The summed E-state index contributed by atoms with van der Waals surface area (Å²) in [5.74, 6) is 0. The number of nitro groups is 1. The fourth-order valence-electron chi connectivity index (χ4n) is 3.65. The van der Waals surface area contributed by atoms with Gasteiger partial charge in [0.25, 0.3) is 15.7 Å². The molecule has 2 aromatic rings. The predicted octanol–water partition coefficient (Wildman–Crippen LogP) is 4.18. The van der Waals surface area contributed by atoms with Crippen molar-refractivity contribution in [3.05, 3.63) is 58.6 Å². The summed E-state index contributed by atoms with van der Waals surface area (Å²) >= 11 is 0. The van der Waals surface area contributed by atoms with E-state index in [2.05, 4.69) is 5.32 Å². The maximum absolute atomic E-state index is 13.1. The Morgan fingerprint density at radius 3 is 2.50 bits per heavy atom. The lowest BCUT2D eigenvalue weighted by molar-refractivity contribution is -0.384. The fourth-order valence-corrected chi connectivity index (χ4v) is 5.15. The highest BCUT2D eigenvalue weighted by atomic mass is 32.2. The molecule has 0 spiro atoms. The number of sulfonamides is 1. The van der Waals surface area contributed by atoms with Gasteiger partial charge in [-0.1, -0.05) is 31.0 Å². The van der Waals surface area contributed by atoms with Crippen LogP contribution in [0.5, 0.6) is 0 Å². The molecule has 0 radical (unpaired) electrons. The van der Waals surface area contributed by atoms with Crippen molar-refractivity contribution in [3.63, 3.8) is 0 Å². The maximum atomic E-state index is 13.1. The molecule has 0 saturated heterocycles. The second kappa shape index (κ2) is 9.90. The van der Waals surface area contributed by atoms with E-state index in [0.717, 1.165) is 18.9 Å². The second-order valence-electron chi connectivity index (χ2n) is 7.15. The van der Waals surface area contributed by atoms with Crippen LogP contribution in [0, 0.1) is 10.1 Å². The maximum Gasteiger partial charge on any atom is 0.293 e. The summed E-state index contributed by atoms with van der Waals surface area (Å²) in [6, 6.07) is 12.6. The molecule has 3 rings (SSSR count). The molecular formula is C21H27N3O5S. The number of nitrogens with one attached hydrogen (secondary N) is 1. The average Bonchev–Trinajstić information content (AvgIpc) is 3.26. The summed E-state index contributed by atoms with van der Waals surface area (Å²) in [6.45, 7) is 2.78. The average molecular weight is 434 g/mol. The smallest absolute Gasteiger partial charge is 0.293 e. The molecule has 162 valence electrons. The summed E-state index contributed by atoms with van der Waals surface area (Å²) in [4.78, 5) is 10.9. The van der Waals surface area contributed by atoms with E-state index in [4.69, 9.17) is 4.74 Å². The highest BCUT2D eigenvalue weighted by Crippen LogP contribution is 2.30. The second-order valence-corrected chi connectivity index (χ2v) is 9.01. The SMILES string of the molecule is CCN(c1ccccc1)S(=O)(=O)c1ccc(NCCOC2CCCC2)c([N+](=O)[O-])c1. The molecule has 1 aliphatic carbocycles. The number of nitro benzene ring substituents is 1. The summed E-state index contributed by atoms with van der Waals surface area (Å²) in [5.41, 5.74) is 0.506. The van der Waals surface area contributed by atoms with Crippen molar-refractivity contribution in [1.29, 1.82) is 0 Å². The summed E-state index contributed by atoms with van der Waals surface area (Å²) < 4.78 is 33.2. The van der Waals surface area contributed by atoms with Crippen LogP contribution in [0.25, 0.3) is 0 Å². The first-order chi connectivity index (χ1) is 14.4. The van der Waals surface area contributed by atoms with E-state index >= 15 is 0 Å². The Balaban J connectivity index is 1.77. The predicted molar refractivity (Wildman–Crippen MR) is 116 cm³/mol. The Hall–Kier alpha value is -2.65. The minimum Gasteiger partial charge on any atom is -0.377 e. The van der Waals surface area contributed by atoms with Gasteiger partial charge in [-0.05, 0) is 44.0 Å². The molecule has 8 nitrogen and oxygen atoms in total. The molecular weight excluding hydrogens is 406 g/mol. The number of hydrogen-bond donors (Lipinski definition) is 1. The van der Waals surface area contributed by atoms with Crippen LogP contribution in [-0.2, 0) is 14.8 Å². The molecule has 9 heteroatoms. The molecule has 1 aliphatic rings. The third kappa shape index (κ3) is 5.09. The number of benzene rings is 2. The standard InChI is InChI=1S/C21H27N3O5S/c1-2-23(17-8-4-3-5-9-17)30(27,28)19-12-13-20(21(16-19)24(25)26)22-14-15-29-18-10-6-7-11-18/h3-5,8-9,12-13,16,18,22H,2,6-7,10-11,14-15H2,1H3. The highest BCUT2D eigenvalue weighted by Gasteiger charge is 2.27. The van der Waals surface area contributed by atoms with E-state index in [-0.39, 0.29) is 28.9 Å². The van der Waals surface area contributed by atoms with Crippen molar-refractivity contribution in [2.45, 2.75) is 43.6 Å². The Kier molecular flexibility index (Phi) is 7.28. The molecule has 0 bridgehead atoms. The molecule has 1 fully saturated rings. The monoisotopic (exact) mass is 433 g/mol. The molecule has 0 heterocycles. The third-order valence-electron chi connectivity index (χ3n) is 5.16. The van der Waals surface area contributed by atoms with Crippen LogP contribution in [0.3, 0.4) is 0 Å². The number of rotatable bonds is 10. The van der Waals surface area contributed by atoms with Gasteiger partial charge in [0, 0.05) is 19.2 Å². The van der Waals surface area contributed by atoms with Crippen molar-refractivity contribution in [1.82, 2.24) is 0 Å². The molecule has 2 aromatic carbocycles. The van der Waals surface area contributed by atoms with Gasteiger partial charge in [0.2, 0.25) is 0 Å². The molecule has 1 saturated carbocycles. The lowest BCUT2D eigenvalue weighted by Crippen LogP contribution is -2.30. The number of para-hydroxylation sites is 1. The van der Waals surface area contributed by atoms with E-state index in [1.165, 1.54) is 29.3 Å². The molecule has 0 amide bonds. The summed E-state index contributed by atoms with van der Waals surface area (Å²) in [6.07, 6.45) is 4.74. The zero-order chi connectivity index (χ0) is 21.6. The minimum absolute atomic E-state index is 0.118. The Labute approximate surface area is 177 Å². The highest BCUT2D eigenvalue weighted by molar-refractivity contribution is 7.92. The summed E-state index contributed by atoms with van der Waals surface area (Å²) in [7, 11) is -3.94. The molecule has 0 aliphatic heterocycles. The van der Waals surface area contributed by atoms with Crippen molar-refractivity contribution in [2.75, 3.05) is 29.3 Å². The topological polar surface area (TPSA) is 102 Å². The Morgan fingerprint density at radius 2 is 1.87 bits per heavy atom. The molecule has 0 unspecified atom stereocenters. The molecule has 30 heavy (non-hydrogen) atoms. The lowest BCUT2D eigenvalue weighted by Gasteiger charge is -2.23. The van der Waals surface area contributed by atoms with Crippen LogP contribution in [-0.4, -0.2) is 39.1 Å². The summed E-state index contributed by atoms with van der Waals surface area (Å²) in [5, 5.41) is 14.6. The number of anilines is 2. The van der Waals surface area contributed by atoms with Crippen LogP contribution < -0.4 is 9.62 Å². The van der Waals surface area contributed by atoms with E-state index in [1.807, 2.05) is 0 Å². The molecule has 0 aromatic heterocycles. The van der Waals surface area contributed by atoms with Crippen LogP contribution in [0.15, 0.2) is 53.4 Å². The van der Waals surface area contributed by atoms with Gasteiger partial charge in [-0.3, -0.25) is 14.4 Å². The van der Waals surface area contributed by atoms with Gasteiger partial charge in [-0.2, -0.15) is 0 Å². The van der Waals surface area contributed by atoms with Crippen molar-refractivity contribution in [2.24, 2.45) is 0 Å². The van der Waals surface area contributed by atoms with E-state index in [0.29, 0.717) is 18.8 Å². The first-order valence-corrected chi connectivity index (χ1v) is 11.6. The number of ether oxygens (including phenoxy) is 1. The van der Waals surface area contributed by atoms with Gasteiger partial charge in [-0.25, -0.2) is 8.42 Å². The van der Waals surface area contributed by atoms with E-state index in [9.17, 15) is 18.5 Å². The normalized spacial score (nSPS) is 14.6. The zero-order valence-electron chi connectivity index (χ0n) is 17.0. The van der Waals surface area contributed by atoms with Gasteiger partial charge < -0.3 is 10.1 Å². The first kappa shape index (κ1) is 22.0. The van der Waals surface area contributed by atoms with Gasteiger partial charge in [0.1, 0.15) is 5.69 Å². The van der Waals surface area contributed by atoms with Gasteiger partial charge >= 0.3 is 0 Å².